The fraction of sp³-hybridized carbons (Fsp3) is 0.447. The minimum atomic E-state index is -0.304. The SMILES string of the molecule is CCn1c(-c2cccnc2C(C)OC)c(CC(C)(C)CCC=O)c2cc(-c3cc(O)cc(CC(C=O)N4CCCCN4)c3)ccc21. The second kappa shape index (κ2) is 14.7. The van der Waals surface area contributed by atoms with E-state index in [1.165, 1.54) is 5.56 Å². The molecule has 3 heterocycles. The quantitative estimate of drug-likeness (QED) is 0.145. The van der Waals surface area contributed by atoms with Gasteiger partial charge in [0.25, 0.3) is 0 Å². The lowest BCUT2D eigenvalue weighted by Gasteiger charge is -2.32. The number of carbonyl (C=O) groups is 2. The maximum absolute atomic E-state index is 12.1. The normalized spacial score (nSPS) is 15.6. The van der Waals surface area contributed by atoms with Gasteiger partial charge in [-0.1, -0.05) is 26.0 Å². The Labute approximate surface area is 272 Å². The van der Waals surface area contributed by atoms with E-state index in [2.05, 4.69) is 61.1 Å². The lowest BCUT2D eigenvalue weighted by molar-refractivity contribution is -0.114. The van der Waals surface area contributed by atoms with E-state index in [0.717, 1.165) is 102 Å². The summed E-state index contributed by atoms with van der Waals surface area (Å²) in [5.41, 5.74) is 11.4. The zero-order valence-corrected chi connectivity index (χ0v) is 27.9. The number of phenols is 1. The van der Waals surface area contributed by atoms with Gasteiger partial charge in [0.2, 0.25) is 0 Å². The van der Waals surface area contributed by atoms with Crippen LogP contribution in [0.2, 0.25) is 0 Å². The number of aromatic hydroxyl groups is 1. The van der Waals surface area contributed by atoms with Crippen LogP contribution in [0, 0.1) is 5.41 Å². The number of benzene rings is 2. The molecule has 0 radical (unpaired) electrons. The van der Waals surface area contributed by atoms with Crippen LogP contribution < -0.4 is 5.43 Å². The number of aryl methyl sites for hydroxylation is 1. The molecule has 244 valence electrons. The average molecular weight is 625 g/mol. The van der Waals surface area contributed by atoms with Crippen LogP contribution in [0.1, 0.15) is 76.3 Å². The van der Waals surface area contributed by atoms with Crippen LogP contribution in [-0.4, -0.2) is 58.5 Å². The van der Waals surface area contributed by atoms with Crippen LogP contribution in [0.25, 0.3) is 33.3 Å². The molecule has 8 nitrogen and oxygen atoms in total. The second-order valence-corrected chi connectivity index (χ2v) is 13.3. The molecule has 4 aromatic rings. The summed E-state index contributed by atoms with van der Waals surface area (Å²) in [6.45, 7) is 11.1. The van der Waals surface area contributed by atoms with Crippen molar-refractivity contribution in [3.05, 3.63) is 71.5 Å². The summed E-state index contributed by atoms with van der Waals surface area (Å²) in [5.74, 6) is 0.180. The predicted octanol–water partition coefficient (Wildman–Crippen LogP) is 7.06. The molecule has 1 fully saturated rings. The van der Waals surface area contributed by atoms with Crippen molar-refractivity contribution < 1.29 is 19.4 Å². The van der Waals surface area contributed by atoms with Gasteiger partial charge in [-0.2, -0.15) is 0 Å². The molecule has 2 N–H and O–H groups in total. The molecule has 2 unspecified atom stereocenters. The summed E-state index contributed by atoms with van der Waals surface area (Å²) in [4.78, 5) is 28.2. The van der Waals surface area contributed by atoms with Gasteiger partial charge >= 0.3 is 0 Å². The Morgan fingerprint density at radius 2 is 1.93 bits per heavy atom. The highest BCUT2D eigenvalue weighted by Crippen LogP contribution is 2.42. The number of hydrazine groups is 1. The van der Waals surface area contributed by atoms with Crippen molar-refractivity contribution in [2.45, 2.75) is 84.9 Å². The molecule has 2 atom stereocenters. The number of nitrogens with zero attached hydrogens (tertiary/aromatic N) is 3. The number of nitrogens with one attached hydrogen (secondary N) is 1. The number of phenolic OH excluding ortho intramolecular Hbond substituents is 1. The first-order valence-electron chi connectivity index (χ1n) is 16.5. The molecule has 0 saturated carbocycles. The van der Waals surface area contributed by atoms with E-state index >= 15 is 0 Å². The van der Waals surface area contributed by atoms with E-state index < -0.39 is 0 Å². The largest absolute Gasteiger partial charge is 0.508 e. The first-order chi connectivity index (χ1) is 22.2. The standard InChI is InChI=1S/C38H48N4O4/c1-6-41-35-13-12-28(29-19-27(21-31(45)22-29)20-30(25-44)42-17-8-7-16-40-42)23-33(35)34(24-38(3,4)14-10-18-43)37(41)32-11-9-15-39-36(32)26(2)46-5/h9,11-13,15,18-19,21-23,25-26,30,40,45H,6-8,10,14,16-17,20,24H2,1-5H3. The highest BCUT2D eigenvalue weighted by Gasteiger charge is 2.28. The van der Waals surface area contributed by atoms with Gasteiger partial charge in [-0.05, 0) is 110 Å². The molecule has 5 rings (SSSR count). The first-order valence-corrected chi connectivity index (χ1v) is 16.5. The highest BCUT2D eigenvalue weighted by molar-refractivity contribution is 5.95. The Bertz CT molecular complexity index is 1670. The third kappa shape index (κ3) is 7.25. The third-order valence-corrected chi connectivity index (χ3v) is 9.36. The van der Waals surface area contributed by atoms with Crippen molar-refractivity contribution >= 4 is 23.5 Å². The Kier molecular flexibility index (Phi) is 10.7. The Morgan fingerprint density at radius 3 is 2.63 bits per heavy atom. The number of aromatic nitrogens is 2. The lowest BCUT2D eigenvalue weighted by Crippen LogP contribution is -2.50. The van der Waals surface area contributed by atoms with Crippen LogP contribution in [0.3, 0.4) is 0 Å². The Morgan fingerprint density at radius 1 is 1.11 bits per heavy atom. The first kappa shape index (κ1) is 33.5. The number of hydrogen-bond acceptors (Lipinski definition) is 7. The highest BCUT2D eigenvalue weighted by atomic mass is 16.5. The van der Waals surface area contributed by atoms with Crippen molar-refractivity contribution in [3.63, 3.8) is 0 Å². The predicted molar refractivity (Wildman–Crippen MR) is 184 cm³/mol. The lowest BCUT2D eigenvalue weighted by atomic mass is 9.80. The molecule has 1 aliphatic heterocycles. The molecule has 0 bridgehead atoms. The summed E-state index contributed by atoms with van der Waals surface area (Å²) in [7, 11) is 1.71. The zero-order chi connectivity index (χ0) is 32.8. The molecule has 8 heteroatoms. The fourth-order valence-corrected chi connectivity index (χ4v) is 6.91. The summed E-state index contributed by atoms with van der Waals surface area (Å²) >= 11 is 0. The average Bonchev–Trinajstić information content (AvgIpc) is 3.37. The van der Waals surface area contributed by atoms with Gasteiger partial charge in [0.1, 0.15) is 18.3 Å². The number of aldehydes is 2. The number of methoxy groups -OCH3 is 1. The van der Waals surface area contributed by atoms with Gasteiger partial charge in [0.15, 0.2) is 0 Å². The summed E-state index contributed by atoms with van der Waals surface area (Å²) in [6, 6.07) is 16.0. The molecule has 0 spiro atoms. The molecular formula is C38H48N4O4. The van der Waals surface area contributed by atoms with Gasteiger partial charge in [-0.25, -0.2) is 5.01 Å². The van der Waals surface area contributed by atoms with Crippen molar-refractivity contribution in [1.82, 2.24) is 20.0 Å². The van der Waals surface area contributed by atoms with Crippen molar-refractivity contribution in [2.24, 2.45) is 5.41 Å². The van der Waals surface area contributed by atoms with Crippen LogP contribution >= 0.6 is 0 Å². The Hall–Kier alpha value is -3.85. The van der Waals surface area contributed by atoms with E-state index in [-0.39, 0.29) is 23.3 Å². The molecule has 2 aromatic heterocycles. The molecule has 0 amide bonds. The van der Waals surface area contributed by atoms with Crippen molar-refractivity contribution in [1.29, 1.82) is 0 Å². The number of rotatable bonds is 14. The number of hydrogen-bond donors (Lipinski definition) is 2. The maximum atomic E-state index is 12.1. The topological polar surface area (TPSA) is 96.7 Å². The van der Waals surface area contributed by atoms with Gasteiger partial charge < -0.3 is 24.0 Å². The van der Waals surface area contributed by atoms with Gasteiger partial charge in [-0.15, -0.1) is 0 Å². The van der Waals surface area contributed by atoms with Crippen LogP contribution in [-0.2, 0) is 33.7 Å². The van der Waals surface area contributed by atoms with Gasteiger partial charge in [0, 0.05) is 55.8 Å². The number of carbonyl (C=O) groups excluding carboxylic acids is 2. The molecule has 46 heavy (non-hydrogen) atoms. The second-order valence-electron chi connectivity index (χ2n) is 13.3. The van der Waals surface area contributed by atoms with Gasteiger partial charge in [0.05, 0.1) is 23.5 Å². The van der Waals surface area contributed by atoms with Crippen LogP contribution in [0.5, 0.6) is 5.75 Å². The van der Waals surface area contributed by atoms with E-state index in [1.54, 1.807) is 19.2 Å². The smallest absolute Gasteiger partial charge is 0.138 e. The third-order valence-electron chi connectivity index (χ3n) is 9.36. The fourth-order valence-electron chi connectivity index (χ4n) is 6.91. The van der Waals surface area contributed by atoms with Crippen LogP contribution in [0.15, 0.2) is 54.7 Å². The zero-order valence-electron chi connectivity index (χ0n) is 27.9. The molecule has 1 aliphatic rings. The van der Waals surface area contributed by atoms with E-state index in [0.29, 0.717) is 12.8 Å². The summed E-state index contributed by atoms with van der Waals surface area (Å²) in [6.07, 6.45) is 8.36. The summed E-state index contributed by atoms with van der Waals surface area (Å²) in [5, 5.41) is 14.0. The van der Waals surface area contributed by atoms with E-state index in [4.69, 9.17) is 9.72 Å². The maximum Gasteiger partial charge on any atom is 0.138 e. The van der Waals surface area contributed by atoms with Crippen LogP contribution in [0.4, 0.5) is 0 Å². The molecule has 1 saturated heterocycles. The van der Waals surface area contributed by atoms with E-state index in [9.17, 15) is 14.7 Å². The van der Waals surface area contributed by atoms with Crippen molar-refractivity contribution in [2.75, 3.05) is 20.2 Å². The minimum absolute atomic E-state index is 0.127. The molecule has 2 aromatic carbocycles. The van der Waals surface area contributed by atoms with E-state index in [1.807, 2.05) is 24.2 Å². The number of fused-ring (bicyclic) bond motifs is 1. The number of ether oxygens (including phenoxy) is 1. The van der Waals surface area contributed by atoms with Gasteiger partial charge in [-0.3, -0.25) is 10.4 Å². The molecular weight excluding hydrogens is 576 g/mol. The number of pyridine rings is 1. The minimum Gasteiger partial charge on any atom is -0.508 e. The summed E-state index contributed by atoms with van der Waals surface area (Å²) < 4.78 is 8.11. The molecule has 0 aliphatic carbocycles. The monoisotopic (exact) mass is 624 g/mol. The van der Waals surface area contributed by atoms with Crippen molar-refractivity contribution in [3.8, 4) is 28.1 Å². The Balaban J connectivity index is 1.65.